The van der Waals surface area contributed by atoms with Crippen LogP contribution in [0.2, 0.25) is 5.02 Å². The minimum Gasteiger partial charge on any atom is -0.497 e. The molecule has 0 saturated carbocycles. The summed E-state index contributed by atoms with van der Waals surface area (Å²) in [6.07, 6.45) is -0.606. The van der Waals surface area contributed by atoms with E-state index in [1.807, 2.05) is 0 Å². The SMILES string of the molecule is COc1ccc(C(=O)N2CCN(C(=O)C(C)Oc3ccc(Cl)cc3)CC2)cc1. The highest BCUT2D eigenvalue weighted by Gasteiger charge is 2.28. The molecule has 0 aromatic heterocycles. The molecule has 7 heteroatoms. The number of hydrogen-bond donors (Lipinski definition) is 0. The lowest BCUT2D eigenvalue weighted by Crippen LogP contribution is -2.53. The molecule has 1 fully saturated rings. The Morgan fingerprint density at radius 3 is 2.00 bits per heavy atom. The van der Waals surface area contributed by atoms with E-state index >= 15 is 0 Å². The first-order valence-electron chi connectivity index (χ1n) is 9.12. The first kappa shape index (κ1) is 20.0. The van der Waals surface area contributed by atoms with Gasteiger partial charge in [-0.15, -0.1) is 0 Å². The zero-order valence-electron chi connectivity index (χ0n) is 15.9. The molecule has 148 valence electrons. The van der Waals surface area contributed by atoms with Crippen molar-refractivity contribution in [3.8, 4) is 11.5 Å². The number of methoxy groups -OCH3 is 1. The van der Waals surface area contributed by atoms with Gasteiger partial charge in [-0.1, -0.05) is 11.6 Å². The van der Waals surface area contributed by atoms with Gasteiger partial charge in [0.1, 0.15) is 11.5 Å². The van der Waals surface area contributed by atoms with E-state index in [1.165, 1.54) is 0 Å². The van der Waals surface area contributed by atoms with Gasteiger partial charge in [0.25, 0.3) is 11.8 Å². The molecule has 2 aromatic rings. The first-order chi connectivity index (χ1) is 13.5. The minimum absolute atomic E-state index is 0.0415. The summed E-state index contributed by atoms with van der Waals surface area (Å²) in [4.78, 5) is 28.8. The predicted octanol–water partition coefficient (Wildman–Crippen LogP) is 3.10. The van der Waals surface area contributed by atoms with E-state index in [9.17, 15) is 9.59 Å². The van der Waals surface area contributed by atoms with E-state index in [0.29, 0.717) is 48.3 Å². The van der Waals surface area contributed by atoms with Gasteiger partial charge in [-0.3, -0.25) is 9.59 Å². The van der Waals surface area contributed by atoms with Crippen molar-refractivity contribution in [2.45, 2.75) is 13.0 Å². The monoisotopic (exact) mass is 402 g/mol. The molecule has 1 saturated heterocycles. The third-order valence-electron chi connectivity index (χ3n) is 4.69. The Balaban J connectivity index is 1.52. The second-order valence-electron chi connectivity index (χ2n) is 6.56. The maximum Gasteiger partial charge on any atom is 0.263 e. The number of rotatable bonds is 5. The summed E-state index contributed by atoms with van der Waals surface area (Å²) in [5.74, 6) is 1.17. The first-order valence-corrected chi connectivity index (χ1v) is 9.50. The smallest absolute Gasteiger partial charge is 0.263 e. The second-order valence-corrected chi connectivity index (χ2v) is 7.00. The van der Waals surface area contributed by atoms with E-state index in [0.717, 1.165) is 0 Å². The number of nitrogens with zero attached hydrogens (tertiary/aromatic N) is 2. The Kier molecular flexibility index (Phi) is 6.41. The molecule has 2 amide bonds. The summed E-state index contributed by atoms with van der Waals surface area (Å²) >= 11 is 5.86. The molecule has 1 aliphatic heterocycles. The van der Waals surface area contributed by atoms with Gasteiger partial charge in [0.15, 0.2) is 6.10 Å². The topological polar surface area (TPSA) is 59.1 Å². The molecule has 1 heterocycles. The Morgan fingerprint density at radius 1 is 0.893 bits per heavy atom. The fraction of sp³-hybridized carbons (Fsp3) is 0.333. The summed E-state index contributed by atoms with van der Waals surface area (Å²) in [6.45, 7) is 3.67. The predicted molar refractivity (Wildman–Crippen MR) is 107 cm³/mol. The van der Waals surface area contributed by atoms with Crippen molar-refractivity contribution in [3.63, 3.8) is 0 Å². The number of halogens is 1. The maximum atomic E-state index is 12.6. The molecule has 1 unspecified atom stereocenters. The number of ether oxygens (including phenoxy) is 2. The van der Waals surface area contributed by atoms with Crippen LogP contribution in [0.1, 0.15) is 17.3 Å². The molecule has 0 N–H and O–H groups in total. The lowest BCUT2D eigenvalue weighted by molar-refractivity contribution is -0.139. The van der Waals surface area contributed by atoms with Crippen LogP contribution in [-0.2, 0) is 4.79 Å². The van der Waals surface area contributed by atoms with Crippen LogP contribution in [0.25, 0.3) is 0 Å². The normalized spacial score (nSPS) is 15.1. The summed E-state index contributed by atoms with van der Waals surface area (Å²) in [6, 6.07) is 13.9. The average molecular weight is 403 g/mol. The Hall–Kier alpha value is -2.73. The lowest BCUT2D eigenvalue weighted by Gasteiger charge is -2.36. The van der Waals surface area contributed by atoms with Crippen molar-refractivity contribution < 1.29 is 19.1 Å². The summed E-state index contributed by atoms with van der Waals surface area (Å²) in [5, 5.41) is 0.615. The number of carbonyl (C=O) groups excluding carboxylic acids is 2. The van der Waals surface area contributed by atoms with E-state index in [4.69, 9.17) is 21.1 Å². The van der Waals surface area contributed by atoms with Crippen molar-refractivity contribution in [1.82, 2.24) is 9.80 Å². The van der Waals surface area contributed by atoms with Crippen molar-refractivity contribution in [2.75, 3.05) is 33.3 Å². The van der Waals surface area contributed by atoms with E-state index < -0.39 is 6.10 Å². The molecule has 1 atom stereocenters. The molecular weight excluding hydrogens is 380 g/mol. The minimum atomic E-state index is -0.606. The van der Waals surface area contributed by atoms with Gasteiger partial charge in [0.2, 0.25) is 0 Å². The number of carbonyl (C=O) groups is 2. The Bertz CT molecular complexity index is 815. The summed E-state index contributed by atoms with van der Waals surface area (Å²) in [5.41, 5.74) is 0.611. The number of piperazine rings is 1. The molecule has 1 aliphatic rings. The number of hydrogen-bond acceptors (Lipinski definition) is 4. The zero-order valence-corrected chi connectivity index (χ0v) is 16.7. The van der Waals surface area contributed by atoms with Gasteiger partial charge in [-0.05, 0) is 55.5 Å². The van der Waals surface area contributed by atoms with Gasteiger partial charge >= 0.3 is 0 Å². The highest BCUT2D eigenvalue weighted by atomic mass is 35.5. The van der Waals surface area contributed by atoms with Crippen LogP contribution in [0, 0.1) is 0 Å². The third kappa shape index (κ3) is 4.75. The maximum absolute atomic E-state index is 12.6. The quantitative estimate of drug-likeness (QED) is 0.771. The highest BCUT2D eigenvalue weighted by Crippen LogP contribution is 2.18. The largest absolute Gasteiger partial charge is 0.497 e. The van der Waals surface area contributed by atoms with Gasteiger partial charge in [0, 0.05) is 36.8 Å². The van der Waals surface area contributed by atoms with Crippen LogP contribution in [0.5, 0.6) is 11.5 Å². The molecule has 0 radical (unpaired) electrons. The van der Waals surface area contributed by atoms with E-state index in [2.05, 4.69) is 0 Å². The molecular formula is C21H23ClN2O4. The molecule has 6 nitrogen and oxygen atoms in total. The van der Waals surface area contributed by atoms with Crippen molar-refractivity contribution >= 4 is 23.4 Å². The van der Waals surface area contributed by atoms with Crippen molar-refractivity contribution in [1.29, 1.82) is 0 Å². The van der Waals surface area contributed by atoms with Crippen LogP contribution < -0.4 is 9.47 Å². The van der Waals surface area contributed by atoms with Crippen LogP contribution >= 0.6 is 11.6 Å². The van der Waals surface area contributed by atoms with Crippen molar-refractivity contribution in [3.05, 3.63) is 59.1 Å². The van der Waals surface area contributed by atoms with Gasteiger partial charge in [-0.25, -0.2) is 0 Å². The number of benzene rings is 2. The van der Waals surface area contributed by atoms with Gasteiger partial charge < -0.3 is 19.3 Å². The van der Waals surface area contributed by atoms with E-state index in [1.54, 1.807) is 72.4 Å². The van der Waals surface area contributed by atoms with Gasteiger partial charge in [-0.2, -0.15) is 0 Å². The van der Waals surface area contributed by atoms with E-state index in [-0.39, 0.29) is 11.8 Å². The van der Waals surface area contributed by atoms with Gasteiger partial charge in [0.05, 0.1) is 7.11 Å². The lowest BCUT2D eigenvalue weighted by atomic mass is 10.1. The molecule has 3 rings (SSSR count). The molecule has 0 bridgehead atoms. The van der Waals surface area contributed by atoms with Crippen LogP contribution in [0.15, 0.2) is 48.5 Å². The molecule has 0 aliphatic carbocycles. The number of amides is 2. The fourth-order valence-corrected chi connectivity index (χ4v) is 3.20. The van der Waals surface area contributed by atoms with Crippen LogP contribution in [0.3, 0.4) is 0 Å². The Morgan fingerprint density at radius 2 is 1.43 bits per heavy atom. The third-order valence-corrected chi connectivity index (χ3v) is 4.94. The second kappa shape index (κ2) is 8.97. The highest BCUT2D eigenvalue weighted by molar-refractivity contribution is 6.30. The van der Waals surface area contributed by atoms with Crippen molar-refractivity contribution in [2.24, 2.45) is 0 Å². The fourth-order valence-electron chi connectivity index (χ4n) is 3.07. The summed E-state index contributed by atoms with van der Waals surface area (Å²) < 4.78 is 10.8. The zero-order chi connectivity index (χ0) is 20.1. The van der Waals surface area contributed by atoms with Crippen LogP contribution in [-0.4, -0.2) is 61.0 Å². The molecule has 28 heavy (non-hydrogen) atoms. The standard InChI is InChI=1S/C21H23ClN2O4/c1-15(28-19-9-5-17(22)6-10-19)20(25)23-11-13-24(14-12-23)21(26)16-3-7-18(27-2)8-4-16/h3-10,15H,11-14H2,1-2H3. The molecule has 0 spiro atoms. The average Bonchev–Trinajstić information content (AvgIpc) is 2.74. The molecule has 2 aromatic carbocycles. The van der Waals surface area contributed by atoms with Crippen LogP contribution in [0.4, 0.5) is 0 Å². The Labute approximate surface area is 169 Å². The summed E-state index contributed by atoms with van der Waals surface area (Å²) in [7, 11) is 1.59.